The van der Waals surface area contributed by atoms with E-state index in [9.17, 15) is 0 Å². The molecule has 0 unspecified atom stereocenters. The van der Waals surface area contributed by atoms with Gasteiger partial charge in [0.2, 0.25) is 0 Å². The van der Waals surface area contributed by atoms with Crippen molar-refractivity contribution in [3.05, 3.63) is 41.8 Å². The van der Waals surface area contributed by atoms with Gasteiger partial charge in [0.25, 0.3) is 0 Å². The standard InChI is InChI=1S/C12H13NOS/c1-13(2)12-11(8-9-15-12)14-10-6-4-3-5-7-10/h3-9H,1-2H3. The van der Waals surface area contributed by atoms with E-state index in [-0.39, 0.29) is 0 Å². The van der Waals surface area contributed by atoms with Crippen LogP contribution in [0.4, 0.5) is 5.00 Å². The highest BCUT2D eigenvalue weighted by Crippen LogP contribution is 2.36. The highest BCUT2D eigenvalue weighted by atomic mass is 32.1. The Bertz CT molecular complexity index is 422. The zero-order valence-corrected chi connectivity index (χ0v) is 9.62. The smallest absolute Gasteiger partial charge is 0.161 e. The van der Waals surface area contributed by atoms with Crippen LogP contribution in [-0.4, -0.2) is 14.1 Å². The van der Waals surface area contributed by atoms with E-state index in [2.05, 4.69) is 4.90 Å². The Morgan fingerprint density at radius 3 is 2.47 bits per heavy atom. The maximum atomic E-state index is 5.78. The first kappa shape index (κ1) is 10.1. The van der Waals surface area contributed by atoms with Gasteiger partial charge in [0.1, 0.15) is 10.8 Å². The number of benzene rings is 1. The Balaban J connectivity index is 2.21. The molecule has 0 aliphatic rings. The van der Waals surface area contributed by atoms with Gasteiger partial charge in [-0.25, -0.2) is 0 Å². The van der Waals surface area contributed by atoms with Crippen LogP contribution >= 0.6 is 11.3 Å². The number of anilines is 1. The van der Waals surface area contributed by atoms with Crippen LogP contribution in [0.3, 0.4) is 0 Å². The predicted molar refractivity (Wildman–Crippen MR) is 65.2 cm³/mol. The lowest BCUT2D eigenvalue weighted by Crippen LogP contribution is -2.07. The van der Waals surface area contributed by atoms with E-state index in [1.54, 1.807) is 11.3 Å². The molecule has 3 heteroatoms. The molecule has 0 radical (unpaired) electrons. The molecule has 15 heavy (non-hydrogen) atoms. The van der Waals surface area contributed by atoms with Crippen LogP contribution in [-0.2, 0) is 0 Å². The number of rotatable bonds is 3. The Morgan fingerprint density at radius 1 is 1.07 bits per heavy atom. The lowest BCUT2D eigenvalue weighted by Gasteiger charge is -2.12. The minimum Gasteiger partial charge on any atom is -0.454 e. The second kappa shape index (κ2) is 4.36. The number of para-hydroxylation sites is 1. The summed E-state index contributed by atoms with van der Waals surface area (Å²) in [6.45, 7) is 0. The third-order valence-corrected chi connectivity index (χ3v) is 3.05. The van der Waals surface area contributed by atoms with E-state index in [0.29, 0.717) is 0 Å². The van der Waals surface area contributed by atoms with Gasteiger partial charge < -0.3 is 9.64 Å². The molecule has 0 saturated heterocycles. The molecule has 1 heterocycles. The van der Waals surface area contributed by atoms with Crippen molar-refractivity contribution >= 4 is 16.3 Å². The Hall–Kier alpha value is -1.48. The molecule has 2 rings (SSSR count). The summed E-state index contributed by atoms with van der Waals surface area (Å²) < 4.78 is 5.78. The second-order valence-corrected chi connectivity index (χ2v) is 4.29. The maximum absolute atomic E-state index is 5.78. The van der Waals surface area contributed by atoms with E-state index < -0.39 is 0 Å². The van der Waals surface area contributed by atoms with E-state index in [1.165, 1.54) is 0 Å². The van der Waals surface area contributed by atoms with E-state index >= 15 is 0 Å². The molecule has 0 fully saturated rings. The maximum Gasteiger partial charge on any atom is 0.161 e. The summed E-state index contributed by atoms with van der Waals surface area (Å²) in [6.07, 6.45) is 0. The molecule has 0 spiro atoms. The first-order chi connectivity index (χ1) is 7.27. The van der Waals surface area contributed by atoms with E-state index in [0.717, 1.165) is 16.5 Å². The van der Waals surface area contributed by atoms with Crippen LogP contribution in [0.2, 0.25) is 0 Å². The van der Waals surface area contributed by atoms with Crippen LogP contribution in [0.5, 0.6) is 11.5 Å². The number of ether oxygens (including phenoxy) is 1. The third-order valence-electron chi connectivity index (χ3n) is 1.99. The zero-order chi connectivity index (χ0) is 10.7. The van der Waals surface area contributed by atoms with Crippen molar-refractivity contribution in [3.8, 4) is 11.5 Å². The van der Waals surface area contributed by atoms with Crippen LogP contribution < -0.4 is 9.64 Å². The molecule has 0 atom stereocenters. The van der Waals surface area contributed by atoms with Crippen molar-refractivity contribution in [1.29, 1.82) is 0 Å². The summed E-state index contributed by atoms with van der Waals surface area (Å²) in [5, 5.41) is 3.17. The minimum absolute atomic E-state index is 0.874. The number of thiophene rings is 1. The zero-order valence-electron chi connectivity index (χ0n) is 8.81. The van der Waals surface area contributed by atoms with Crippen LogP contribution in [0.1, 0.15) is 0 Å². The molecule has 1 aromatic carbocycles. The second-order valence-electron chi connectivity index (χ2n) is 3.40. The average Bonchev–Trinajstić information content (AvgIpc) is 2.67. The van der Waals surface area contributed by atoms with Gasteiger partial charge in [0.15, 0.2) is 5.75 Å². The molecule has 78 valence electrons. The van der Waals surface area contributed by atoms with Crippen LogP contribution in [0.15, 0.2) is 41.8 Å². The quantitative estimate of drug-likeness (QED) is 0.782. The predicted octanol–water partition coefficient (Wildman–Crippen LogP) is 3.61. The van der Waals surface area contributed by atoms with Gasteiger partial charge in [-0.3, -0.25) is 0 Å². The van der Waals surface area contributed by atoms with Gasteiger partial charge in [-0.15, -0.1) is 11.3 Å². The van der Waals surface area contributed by atoms with Crippen molar-refractivity contribution in [2.75, 3.05) is 19.0 Å². The van der Waals surface area contributed by atoms with Gasteiger partial charge in [-0.2, -0.15) is 0 Å². The minimum atomic E-state index is 0.874. The highest BCUT2D eigenvalue weighted by molar-refractivity contribution is 7.14. The largest absolute Gasteiger partial charge is 0.454 e. The lowest BCUT2D eigenvalue weighted by molar-refractivity contribution is 0.485. The van der Waals surface area contributed by atoms with E-state index in [4.69, 9.17) is 4.74 Å². The van der Waals surface area contributed by atoms with Gasteiger partial charge in [-0.05, 0) is 23.6 Å². The van der Waals surface area contributed by atoms with Crippen molar-refractivity contribution in [3.63, 3.8) is 0 Å². The molecule has 0 saturated carbocycles. The fourth-order valence-corrected chi connectivity index (χ4v) is 2.07. The Labute approximate surface area is 93.7 Å². The molecule has 0 bridgehead atoms. The molecular formula is C12H13NOS. The summed E-state index contributed by atoms with van der Waals surface area (Å²) in [4.78, 5) is 2.06. The SMILES string of the molecule is CN(C)c1sccc1Oc1ccccc1. The van der Waals surface area contributed by atoms with Crippen molar-refractivity contribution < 1.29 is 4.74 Å². The highest BCUT2D eigenvalue weighted by Gasteiger charge is 2.07. The summed E-state index contributed by atoms with van der Waals surface area (Å²) in [6, 6.07) is 11.8. The summed E-state index contributed by atoms with van der Waals surface area (Å²) >= 11 is 1.68. The number of nitrogens with zero attached hydrogens (tertiary/aromatic N) is 1. The third kappa shape index (κ3) is 2.30. The van der Waals surface area contributed by atoms with Gasteiger partial charge in [0, 0.05) is 14.1 Å². The van der Waals surface area contributed by atoms with E-state index in [1.807, 2.05) is 55.9 Å². The number of hydrogen-bond acceptors (Lipinski definition) is 3. The molecule has 0 N–H and O–H groups in total. The molecular weight excluding hydrogens is 206 g/mol. The normalized spacial score (nSPS) is 10.0. The molecule has 2 aromatic rings. The summed E-state index contributed by atoms with van der Waals surface area (Å²) in [5.41, 5.74) is 0. The average molecular weight is 219 g/mol. The molecule has 2 nitrogen and oxygen atoms in total. The fourth-order valence-electron chi connectivity index (χ4n) is 1.31. The lowest BCUT2D eigenvalue weighted by atomic mass is 10.3. The van der Waals surface area contributed by atoms with Gasteiger partial charge in [-0.1, -0.05) is 18.2 Å². The summed E-state index contributed by atoms with van der Waals surface area (Å²) in [5.74, 6) is 1.79. The Kier molecular flexibility index (Phi) is 2.92. The van der Waals surface area contributed by atoms with Gasteiger partial charge >= 0.3 is 0 Å². The fraction of sp³-hybridized carbons (Fsp3) is 0.167. The van der Waals surface area contributed by atoms with Crippen molar-refractivity contribution in [2.45, 2.75) is 0 Å². The van der Waals surface area contributed by atoms with Crippen LogP contribution in [0.25, 0.3) is 0 Å². The van der Waals surface area contributed by atoms with Gasteiger partial charge in [0.05, 0.1) is 0 Å². The number of hydrogen-bond donors (Lipinski definition) is 0. The molecule has 1 aromatic heterocycles. The molecule has 0 aliphatic heterocycles. The topological polar surface area (TPSA) is 12.5 Å². The van der Waals surface area contributed by atoms with Crippen LogP contribution in [0, 0.1) is 0 Å². The summed E-state index contributed by atoms with van der Waals surface area (Å²) in [7, 11) is 4.04. The van der Waals surface area contributed by atoms with Crippen molar-refractivity contribution in [2.24, 2.45) is 0 Å². The first-order valence-corrected chi connectivity index (χ1v) is 5.63. The van der Waals surface area contributed by atoms with Crippen molar-refractivity contribution in [1.82, 2.24) is 0 Å². The molecule has 0 amide bonds. The monoisotopic (exact) mass is 219 g/mol. The molecule has 0 aliphatic carbocycles. The first-order valence-electron chi connectivity index (χ1n) is 4.75. The Morgan fingerprint density at radius 2 is 1.80 bits per heavy atom.